The normalized spacial score (nSPS) is 17.4. The van der Waals surface area contributed by atoms with E-state index in [9.17, 15) is 0 Å². The van der Waals surface area contributed by atoms with Crippen molar-refractivity contribution in [3.63, 3.8) is 0 Å². The van der Waals surface area contributed by atoms with E-state index in [1.165, 1.54) is 0 Å². The molecule has 1 unspecified atom stereocenters. The van der Waals surface area contributed by atoms with E-state index < -0.39 is 0 Å². The van der Waals surface area contributed by atoms with Gasteiger partial charge in [0.1, 0.15) is 17.6 Å². The first-order valence-electron chi connectivity index (χ1n) is 7.12. The van der Waals surface area contributed by atoms with Crippen LogP contribution >= 0.6 is 0 Å². The number of aliphatic imine (C=N–C) groups is 1. The average Bonchev–Trinajstić information content (AvgIpc) is 2.54. The predicted molar refractivity (Wildman–Crippen MR) is 82.0 cm³/mol. The van der Waals surface area contributed by atoms with Crippen molar-refractivity contribution < 1.29 is 14.2 Å². The molecule has 0 saturated carbocycles. The van der Waals surface area contributed by atoms with Crippen molar-refractivity contribution >= 4 is 5.96 Å². The van der Waals surface area contributed by atoms with Crippen LogP contribution in [0.25, 0.3) is 0 Å². The SMILES string of the molecule is COc1ccc(OC(C)CN=C(N)N2CCOCC2)cc1. The summed E-state index contributed by atoms with van der Waals surface area (Å²) in [7, 11) is 1.64. The highest BCUT2D eigenvalue weighted by Gasteiger charge is 2.12. The molecule has 1 aliphatic heterocycles. The Labute approximate surface area is 125 Å². The van der Waals surface area contributed by atoms with Gasteiger partial charge in [-0.05, 0) is 31.2 Å². The van der Waals surface area contributed by atoms with Gasteiger partial charge >= 0.3 is 0 Å². The number of rotatable bonds is 5. The van der Waals surface area contributed by atoms with Crippen molar-refractivity contribution in [3.05, 3.63) is 24.3 Å². The highest BCUT2D eigenvalue weighted by atomic mass is 16.5. The largest absolute Gasteiger partial charge is 0.497 e. The molecule has 116 valence electrons. The second kappa shape index (κ2) is 7.73. The van der Waals surface area contributed by atoms with Gasteiger partial charge in [-0.3, -0.25) is 0 Å². The molecular weight excluding hydrogens is 270 g/mol. The monoisotopic (exact) mass is 293 g/mol. The number of morpholine rings is 1. The highest BCUT2D eigenvalue weighted by Crippen LogP contribution is 2.18. The summed E-state index contributed by atoms with van der Waals surface area (Å²) in [6, 6.07) is 7.50. The quantitative estimate of drug-likeness (QED) is 0.650. The van der Waals surface area contributed by atoms with Crippen molar-refractivity contribution in [3.8, 4) is 11.5 Å². The molecule has 6 heteroatoms. The molecule has 1 aromatic rings. The van der Waals surface area contributed by atoms with Gasteiger partial charge in [-0.2, -0.15) is 0 Å². The molecule has 6 nitrogen and oxygen atoms in total. The van der Waals surface area contributed by atoms with Crippen molar-refractivity contribution in [1.29, 1.82) is 0 Å². The molecule has 2 N–H and O–H groups in total. The molecule has 1 aromatic carbocycles. The molecule has 0 radical (unpaired) electrons. The third-order valence-electron chi connectivity index (χ3n) is 3.24. The summed E-state index contributed by atoms with van der Waals surface area (Å²) in [5, 5.41) is 0. The summed E-state index contributed by atoms with van der Waals surface area (Å²) in [5.74, 6) is 2.16. The summed E-state index contributed by atoms with van der Waals surface area (Å²) in [6.45, 7) is 5.49. The Morgan fingerprint density at radius 1 is 1.29 bits per heavy atom. The van der Waals surface area contributed by atoms with Crippen molar-refractivity contribution in [1.82, 2.24) is 4.90 Å². The van der Waals surface area contributed by atoms with E-state index in [-0.39, 0.29) is 6.10 Å². The molecule has 1 heterocycles. The van der Waals surface area contributed by atoms with Crippen LogP contribution in [0.15, 0.2) is 29.3 Å². The predicted octanol–water partition coefficient (Wildman–Crippen LogP) is 1.11. The zero-order valence-corrected chi connectivity index (χ0v) is 12.6. The van der Waals surface area contributed by atoms with Crippen LogP contribution in [-0.2, 0) is 4.74 Å². The number of methoxy groups -OCH3 is 1. The van der Waals surface area contributed by atoms with Crippen LogP contribution in [0.4, 0.5) is 0 Å². The molecule has 1 aliphatic rings. The molecular formula is C15H23N3O3. The minimum atomic E-state index is -0.0435. The minimum absolute atomic E-state index is 0.0435. The lowest BCUT2D eigenvalue weighted by Crippen LogP contribution is -2.45. The van der Waals surface area contributed by atoms with E-state index in [1.54, 1.807) is 7.11 Å². The van der Waals surface area contributed by atoms with Crippen LogP contribution in [0.1, 0.15) is 6.92 Å². The van der Waals surface area contributed by atoms with Crippen LogP contribution in [0.3, 0.4) is 0 Å². The summed E-state index contributed by atoms with van der Waals surface area (Å²) in [5.41, 5.74) is 5.98. The van der Waals surface area contributed by atoms with Crippen LogP contribution < -0.4 is 15.2 Å². The standard InChI is InChI=1S/C15H23N3O3/c1-12(21-14-5-3-13(19-2)4-6-14)11-17-15(16)18-7-9-20-10-8-18/h3-6,12H,7-11H2,1-2H3,(H2,16,17). The summed E-state index contributed by atoms with van der Waals surface area (Å²) < 4.78 is 16.2. The van der Waals surface area contributed by atoms with E-state index in [4.69, 9.17) is 19.9 Å². The molecule has 21 heavy (non-hydrogen) atoms. The van der Waals surface area contributed by atoms with Gasteiger partial charge in [0.05, 0.1) is 26.9 Å². The molecule has 0 aliphatic carbocycles. The minimum Gasteiger partial charge on any atom is -0.497 e. The number of benzene rings is 1. The fraction of sp³-hybridized carbons (Fsp3) is 0.533. The van der Waals surface area contributed by atoms with Crippen LogP contribution in [-0.4, -0.2) is 56.9 Å². The fourth-order valence-electron chi connectivity index (χ4n) is 2.04. The fourth-order valence-corrected chi connectivity index (χ4v) is 2.04. The van der Waals surface area contributed by atoms with E-state index in [1.807, 2.05) is 36.1 Å². The topological polar surface area (TPSA) is 69.3 Å². The van der Waals surface area contributed by atoms with Crippen molar-refractivity contribution in [2.75, 3.05) is 40.0 Å². The number of hydrogen-bond donors (Lipinski definition) is 1. The van der Waals surface area contributed by atoms with Gasteiger partial charge in [0.2, 0.25) is 0 Å². The maximum Gasteiger partial charge on any atom is 0.191 e. The van der Waals surface area contributed by atoms with Crippen LogP contribution in [0, 0.1) is 0 Å². The Morgan fingerprint density at radius 3 is 2.52 bits per heavy atom. The zero-order chi connectivity index (χ0) is 15.1. The molecule has 0 bridgehead atoms. The smallest absolute Gasteiger partial charge is 0.191 e. The van der Waals surface area contributed by atoms with Crippen LogP contribution in [0.5, 0.6) is 11.5 Å². The van der Waals surface area contributed by atoms with E-state index >= 15 is 0 Å². The first-order chi connectivity index (χ1) is 10.2. The third-order valence-corrected chi connectivity index (χ3v) is 3.24. The number of guanidine groups is 1. The summed E-state index contributed by atoms with van der Waals surface area (Å²) >= 11 is 0. The average molecular weight is 293 g/mol. The van der Waals surface area contributed by atoms with Gasteiger partial charge < -0.3 is 24.8 Å². The second-order valence-corrected chi connectivity index (χ2v) is 4.90. The first-order valence-corrected chi connectivity index (χ1v) is 7.12. The van der Waals surface area contributed by atoms with Gasteiger partial charge in [-0.1, -0.05) is 0 Å². The number of nitrogens with two attached hydrogens (primary N) is 1. The molecule has 0 amide bonds. The van der Waals surface area contributed by atoms with Crippen molar-refractivity contribution in [2.45, 2.75) is 13.0 Å². The highest BCUT2D eigenvalue weighted by molar-refractivity contribution is 5.78. The van der Waals surface area contributed by atoms with Gasteiger partial charge in [0.25, 0.3) is 0 Å². The van der Waals surface area contributed by atoms with Gasteiger partial charge in [0.15, 0.2) is 5.96 Å². The molecule has 0 aromatic heterocycles. The molecule has 1 saturated heterocycles. The molecule has 0 spiro atoms. The van der Waals surface area contributed by atoms with E-state index in [0.717, 1.165) is 24.6 Å². The summed E-state index contributed by atoms with van der Waals surface area (Å²) in [4.78, 5) is 6.42. The molecule has 1 fully saturated rings. The van der Waals surface area contributed by atoms with E-state index in [0.29, 0.717) is 25.7 Å². The van der Waals surface area contributed by atoms with Gasteiger partial charge in [-0.15, -0.1) is 0 Å². The van der Waals surface area contributed by atoms with Crippen LogP contribution in [0.2, 0.25) is 0 Å². The maximum atomic E-state index is 5.98. The number of hydrogen-bond acceptors (Lipinski definition) is 4. The lowest BCUT2D eigenvalue weighted by atomic mass is 10.3. The Morgan fingerprint density at radius 2 is 1.90 bits per heavy atom. The molecule has 2 rings (SSSR count). The van der Waals surface area contributed by atoms with Crippen molar-refractivity contribution in [2.24, 2.45) is 10.7 Å². The lowest BCUT2D eigenvalue weighted by Gasteiger charge is -2.27. The maximum absolute atomic E-state index is 5.98. The number of ether oxygens (including phenoxy) is 3. The zero-order valence-electron chi connectivity index (χ0n) is 12.6. The van der Waals surface area contributed by atoms with E-state index in [2.05, 4.69) is 4.99 Å². The lowest BCUT2D eigenvalue weighted by molar-refractivity contribution is 0.0673. The summed E-state index contributed by atoms with van der Waals surface area (Å²) in [6.07, 6.45) is -0.0435. The Kier molecular flexibility index (Phi) is 5.68. The molecule has 1 atom stereocenters. The first kappa shape index (κ1) is 15.4. The Hall–Kier alpha value is -1.95. The number of nitrogens with zero attached hydrogens (tertiary/aromatic N) is 2. The third kappa shape index (κ3) is 4.82. The van der Waals surface area contributed by atoms with Gasteiger partial charge in [0, 0.05) is 13.1 Å². The van der Waals surface area contributed by atoms with Gasteiger partial charge in [-0.25, -0.2) is 4.99 Å². The second-order valence-electron chi connectivity index (χ2n) is 4.90. The Bertz CT molecular complexity index is 456. The Balaban J connectivity index is 1.81.